The Morgan fingerprint density at radius 2 is 2.10 bits per heavy atom. The summed E-state index contributed by atoms with van der Waals surface area (Å²) in [6.45, 7) is 3.86. The van der Waals surface area contributed by atoms with Crippen LogP contribution in [0.1, 0.15) is 17.3 Å². The highest BCUT2D eigenvalue weighted by atomic mass is 79.9. The van der Waals surface area contributed by atoms with Crippen LogP contribution in [0.25, 0.3) is 11.1 Å². The van der Waals surface area contributed by atoms with Gasteiger partial charge in [0.15, 0.2) is 5.58 Å². The maximum Gasteiger partial charge on any atom is 0.348 e. The van der Waals surface area contributed by atoms with Crippen molar-refractivity contribution < 1.29 is 4.42 Å². The van der Waals surface area contributed by atoms with Gasteiger partial charge in [-0.25, -0.2) is 9.78 Å². The fraction of sp³-hybridized carbons (Fsp3) is 0.214. The molecule has 0 aliphatic carbocycles. The smallest absolute Gasteiger partial charge is 0.348 e. The SMILES string of the molecule is Cc1nc(=O)n(Cc2nc3ccc(N)cc3o2)c(C)c1Br. The Labute approximate surface area is 128 Å². The number of anilines is 1. The highest BCUT2D eigenvalue weighted by molar-refractivity contribution is 9.10. The predicted molar refractivity (Wildman–Crippen MR) is 83.2 cm³/mol. The minimum Gasteiger partial charge on any atom is -0.439 e. The minimum atomic E-state index is -0.324. The molecule has 1 aromatic carbocycles. The van der Waals surface area contributed by atoms with Gasteiger partial charge in [-0.2, -0.15) is 4.98 Å². The molecule has 0 spiro atoms. The van der Waals surface area contributed by atoms with Crippen LogP contribution < -0.4 is 11.4 Å². The summed E-state index contributed by atoms with van der Waals surface area (Å²) in [4.78, 5) is 20.4. The van der Waals surface area contributed by atoms with Gasteiger partial charge in [0, 0.05) is 17.4 Å². The van der Waals surface area contributed by atoms with Crippen molar-refractivity contribution >= 4 is 32.7 Å². The summed E-state index contributed by atoms with van der Waals surface area (Å²) in [5.74, 6) is 0.443. The van der Waals surface area contributed by atoms with Crippen LogP contribution in [0.4, 0.5) is 5.69 Å². The molecule has 21 heavy (non-hydrogen) atoms. The summed E-state index contributed by atoms with van der Waals surface area (Å²) in [7, 11) is 0. The number of fused-ring (bicyclic) bond motifs is 1. The van der Waals surface area contributed by atoms with Crippen LogP contribution in [0.5, 0.6) is 0 Å². The lowest BCUT2D eigenvalue weighted by molar-refractivity contribution is 0.495. The van der Waals surface area contributed by atoms with Crippen molar-refractivity contribution in [3.63, 3.8) is 0 Å². The second-order valence-corrected chi connectivity index (χ2v) is 5.59. The quantitative estimate of drug-likeness (QED) is 0.718. The van der Waals surface area contributed by atoms with Gasteiger partial charge in [-0.3, -0.25) is 4.57 Å². The third-order valence-corrected chi connectivity index (χ3v) is 4.43. The van der Waals surface area contributed by atoms with E-state index in [1.165, 1.54) is 4.57 Å². The molecule has 0 radical (unpaired) electrons. The molecule has 0 bridgehead atoms. The normalized spacial score (nSPS) is 11.2. The first-order valence-corrected chi connectivity index (χ1v) is 7.13. The van der Waals surface area contributed by atoms with E-state index in [4.69, 9.17) is 10.2 Å². The number of nitrogens with zero attached hydrogens (tertiary/aromatic N) is 3. The fourth-order valence-corrected chi connectivity index (χ4v) is 2.46. The second kappa shape index (κ2) is 5.00. The molecule has 6 nitrogen and oxygen atoms in total. The molecule has 0 amide bonds. The Hall–Kier alpha value is -2.15. The van der Waals surface area contributed by atoms with Crippen LogP contribution in [0, 0.1) is 13.8 Å². The van der Waals surface area contributed by atoms with Gasteiger partial charge in [-0.05, 0) is 41.9 Å². The minimum absolute atomic E-state index is 0.227. The Morgan fingerprint density at radius 3 is 2.86 bits per heavy atom. The molecule has 0 fully saturated rings. The van der Waals surface area contributed by atoms with Crippen molar-refractivity contribution in [1.29, 1.82) is 0 Å². The molecule has 0 saturated heterocycles. The molecule has 0 aliphatic rings. The van der Waals surface area contributed by atoms with Gasteiger partial charge in [0.25, 0.3) is 0 Å². The molecular formula is C14H13BrN4O2. The highest BCUT2D eigenvalue weighted by Gasteiger charge is 2.13. The molecule has 2 aromatic heterocycles. The first kappa shape index (κ1) is 13.8. The monoisotopic (exact) mass is 348 g/mol. The van der Waals surface area contributed by atoms with E-state index < -0.39 is 0 Å². The van der Waals surface area contributed by atoms with Crippen molar-refractivity contribution in [3.05, 3.63) is 50.4 Å². The molecular weight excluding hydrogens is 336 g/mol. The van der Waals surface area contributed by atoms with Crippen molar-refractivity contribution in [2.24, 2.45) is 0 Å². The van der Waals surface area contributed by atoms with E-state index in [2.05, 4.69) is 25.9 Å². The molecule has 0 aliphatic heterocycles. The first-order valence-electron chi connectivity index (χ1n) is 6.34. The molecule has 2 N–H and O–H groups in total. The highest BCUT2D eigenvalue weighted by Crippen LogP contribution is 2.20. The van der Waals surface area contributed by atoms with E-state index in [1.54, 1.807) is 25.1 Å². The van der Waals surface area contributed by atoms with Gasteiger partial charge in [-0.1, -0.05) is 0 Å². The fourth-order valence-electron chi connectivity index (χ4n) is 2.15. The van der Waals surface area contributed by atoms with Crippen molar-refractivity contribution in [2.75, 3.05) is 5.73 Å². The third kappa shape index (κ3) is 2.44. The molecule has 0 atom stereocenters. The summed E-state index contributed by atoms with van der Waals surface area (Å²) in [6, 6.07) is 5.26. The van der Waals surface area contributed by atoms with Crippen LogP contribution in [0.15, 0.2) is 31.9 Å². The Balaban J connectivity index is 2.06. The van der Waals surface area contributed by atoms with E-state index >= 15 is 0 Å². The van der Waals surface area contributed by atoms with E-state index in [0.29, 0.717) is 28.4 Å². The number of nitrogens with two attached hydrogens (primary N) is 1. The molecule has 0 saturated carbocycles. The van der Waals surface area contributed by atoms with Crippen LogP contribution >= 0.6 is 15.9 Å². The van der Waals surface area contributed by atoms with Gasteiger partial charge in [0.2, 0.25) is 5.89 Å². The zero-order chi connectivity index (χ0) is 15.1. The summed E-state index contributed by atoms with van der Waals surface area (Å²) >= 11 is 3.43. The Bertz CT molecular complexity index is 898. The Kier molecular flexibility index (Phi) is 3.29. The largest absolute Gasteiger partial charge is 0.439 e. The van der Waals surface area contributed by atoms with Crippen LogP contribution in [0.2, 0.25) is 0 Å². The first-order chi connectivity index (χ1) is 9.95. The molecule has 2 heterocycles. The molecule has 3 rings (SSSR count). The van der Waals surface area contributed by atoms with E-state index in [1.807, 2.05) is 6.92 Å². The number of nitrogen functional groups attached to an aromatic ring is 1. The van der Waals surface area contributed by atoms with Crippen LogP contribution in [0.3, 0.4) is 0 Å². The number of aromatic nitrogens is 3. The summed E-state index contributed by atoms with van der Waals surface area (Å²) in [5.41, 5.74) is 8.77. The number of hydrogen-bond acceptors (Lipinski definition) is 5. The number of rotatable bonds is 2. The molecule has 108 valence electrons. The number of hydrogen-bond donors (Lipinski definition) is 1. The zero-order valence-electron chi connectivity index (χ0n) is 11.6. The summed E-state index contributed by atoms with van der Waals surface area (Å²) < 4.78 is 7.97. The Morgan fingerprint density at radius 1 is 1.33 bits per heavy atom. The van der Waals surface area contributed by atoms with Crippen LogP contribution in [-0.4, -0.2) is 14.5 Å². The van der Waals surface area contributed by atoms with E-state index in [-0.39, 0.29) is 12.2 Å². The summed E-state index contributed by atoms with van der Waals surface area (Å²) in [6.07, 6.45) is 0. The van der Waals surface area contributed by atoms with Gasteiger partial charge in [0.1, 0.15) is 12.1 Å². The zero-order valence-corrected chi connectivity index (χ0v) is 13.1. The van der Waals surface area contributed by atoms with Crippen LogP contribution in [-0.2, 0) is 6.54 Å². The lowest BCUT2D eigenvalue weighted by atomic mass is 10.3. The summed E-state index contributed by atoms with van der Waals surface area (Å²) in [5, 5.41) is 0. The molecule has 7 heteroatoms. The lowest BCUT2D eigenvalue weighted by Crippen LogP contribution is -2.27. The van der Waals surface area contributed by atoms with Crippen molar-refractivity contribution in [2.45, 2.75) is 20.4 Å². The van der Waals surface area contributed by atoms with Gasteiger partial charge >= 0.3 is 5.69 Å². The molecule has 3 aromatic rings. The van der Waals surface area contributed by atoms with Gasteiger partial charge < -0.3 is 10.2 Å². The number of oxazole rings is 1. The van der Waals surface area contributed by atoms with Crippen molar-refractivity contribution in [3.8, 4) is 0 Å². The predicted octanol–water partition coefficient (Wildman–Crippen LogP) is 2.39. The number of halogens is 1. The van der Waals surface area contributed by atoms with E-state index in [0.717, 1.165) is 10.2 Å². The maximum absolute atomic E-state index is 12.0. The van der Waals surface area contributed by atoms with Gasteiger partial charge in [0.05, 0.1) is 10.2 Å². The number of aryl methyl sites for hydroxylation is 1. The van der Waals surface area contributed by atoms with Crippen molar-refractivity contribution in [1.82, 2.24) is 14.5 Å². The maximum atomic E-state index is 12.0. The van der Waals surface area contributed by atoms with Gasteiger partial charge in [-0.15, -0.1) is 0 Å². The average molecular weight is 349 g/mol. The standard InChI is InChI=1S/C14H13BrN4O2/c1-7-13(15)8(2)19(14(20)17-7)6-12-18-10-4-3-9(16)5-11(10)21-12/h3-5H,6,16H2,1-2H3. The third-order valence-electron chi connectivity index (χ3n) is 3.28. The second-order valence-electron chi connectivity index (χ2n) is 4.80. The van der Waals surface area contributed by atoms with E-state index in [9.17, 15) is 4.79 Å². The average Bonchev–Trinajstić information content (AvgIpc) is 2.83. The lowest BCUT2D eigenvalue weighted by Gasteiger charge is -2.09. The number of benzene rings is 1. The molecule has 0 unspecified atom stereocenters. The topological polar surface area (TPSA) is 86.9 Å².